The molecule has 1 fully saturated rings. The van der Waals surface area contributed by atoms with Gasteiger partial charge in [-0.1, -0.05) is 17.7 Å². The number of hydrogen-bond donors (Lipinski definition) is 0. The standard InChI is InChI=1S/C18H22BrNO3/c1-13(2)12-18(17(22)23-3)10-6-7-11-20(18)16(21)14-8-4-5-9-15(14)19/h4-5,8-9H,1,6-7,10-12H2,2-3H3. The molecule has 0 aliphatic carbocycles. The first-order valence-corrected chi connectivity index (χ1v) is 8.51. The third-order valence-corrected chi connectivity index (χ3v) is 4.94. The van der Waals surface area contributed by atoms with Crippen LogP contribution in [0, 0.1) is 0 Å². The number of esters is 1. The molecule has 0 saturated carbocycles. The predicted octanol–water partition coefficient (Wildman–Crippen LogP) is 3.95. The van der Waals surface area contributed by atoms with Crippen LogP contribution in [0.5, 0.6) is 0 Å². The molecule has 0 bridgehead atoms. The van der Waals surface area contributed by atoms with Gasteiger partial charge < -0.3 is 9.64 Å². The molecule has 1 aliphatic heterocycles. The maximum atomic E-state index is 13.1. The number of rotatable bonds is 4. The Morgan fingerprint density at radius 1 is 1.35 bits per heavy atom. The smallest absolute Gasteiger partial charge is 0.332 e. The maximum Gasteiger partial charge on any atom is 0.332 e. The molecule has 1 aliphatic rings. The van der Waals surface area contributed by atoms with Crippen molar-refractivity contribution in [2.75, 3.05) is 13.7 Å². The van der Waals surface area contributed by atoms with E-state index in [0.717, 1.165) is 22.9 Å². The van der Waals surface area contributed by atoms with E-state index in [2.05, 4.69) is 22.5 Å². The highest BCUT2D eigenvalue weighted by molar-refractivity contribution is 9.10. The first-order valence-electron chi connectivity index (χ1n) is 7.71. The number of piperidine rings is 1. The van der Waals surface area contributed by atoms with Crippen LogP contribution in [0.4, 0.5) is 0 Å². The van der Waals surface area contributed by atoms with Gasteiger partial charge in [0.1, 0.15) is 5.54 Å². The Hall–Kier alpha value is -1.62. The summed E-state index contributed by atoms with van der Waals surface area (Å²) in [6.45, 7) is 6.36. The average Bonchev–Trinajstić information content (AvgIpc) is 2.53. The molecule has 1 amide bonds. The molecular weight excluding hydrogens is 358 g/mol. The van der Waals surface area contributed by atoms with E-state index < -0.39 is 5.54 Å². The first-order chi connectivity index (χ1) is 10.9. The highest BCUT2D eigenvalue weighted by Gasteiger charge is 2.49. The van der Waals surface area contributed by atoms with E-state index >= 15 is 0 Å². The number of amides is 1. The van der Waals surface area contributed by atoms with Gasteiger partial charge >= 0.3 is 5.97 Å². The largest absolute Gasteiger partial charge is 0.467 e. The second-order valence-corrected chi connectivity index (χ2v) is 6.91. The number of halogens is 1. The van der Waals surface area contributed by atoms with Gasteiger partial charge in [-0.25, -0.2) is 4.79 Å². The predicted molar refractivity (Wildman–Crippen MR) is 93.2 cm³/mol. The molecule has 1 aromatic rings. The molecule has 0 spiro atoms. The molecule has 4 nitrogen and oxygen atoms in total. The van der Waals surface area contributed by atoms with Gasteiger partial charge in [0.25, 0.3) is 5.91 Å². The molecular formula is C18H22BrNO3. The summed E-state index contributed by atoms with van der Waals surface area (Å²) in [5.74, 6) is -0.510. The van der Waals surface area contributed by atoms with E-state index in [0.29, 0.717) is 24.9 Å². The fraction of sp³-hybridized carbons (Fsp3) is 0.444. The van der Waals surface area contributed by atoms with Crippen LogP contribution < -0.4 is 0 Å². The van der Waals surface area contributed by atoms with Crippen molar-refractivity contribution in [2.24, 2.45) is 0 Å². The topological polar surface area (TPSA) is 46.6 Å². The molecule has 0 radical (unpaired) electrons. The number of carbonyl (C=O) groups excluding carboxylic acids is 2. The number of ether oxygens (including phenoxy) is 1. The number of carbonyl (C=O) groups is 2. The van der Waals surface area contributed by atoms with E-state index in [4.69, 9.17) is 4.74 Å². The fourth-order valence-corrected chi connectivity index (χ4v) is 3.72. The Labute approximate surface area is 145 Å². The quantitative estimate of drug-likeness (QED) is 0.587. The highest BCUT2D eigenvalue weighted by Crippen LogP contribution is 2.36. The lowest BCUT2D eigenvalue weighted by molar-refractivity contribution is -0.155. The third-order valence-electron chi connectivity index (χ3n) is 4.25. The van der Waals surface area contributed by atoms with Gasteiger partial charge in [0.15, 0.2) is 0 Å². The Balaban J connectivity index is 2.47. The second kappa shape index (κ2) is 7.30. The van der Waals surface area contributed by atoms with Crippen molar-refractivity contribution in [3.8, 4) is 0 Å². The van der Waals surface area contributed by atoms with E-state index in [9.17, 15) is 9.59 Å². The van der Waals surface area contributed by atoms with Crippen molar-refractivity contribution in [1.29, 1.82) is 0 Å². The van der Waals surface area contributed by atoms with Crippen molar-refractivity contribution >= 4 is 27.8 Å². The summed E-state index contributed by atoms with van der Waals surface area (Å²) in [4.78, 5) is 27.4. The number of nitrogens with zero attached hydrogens (tertiary/aromatic N) is 1. The van der Waals surface area contributed by atoms with Crippen molar-refractivity contribution in [1.82, 2.24) is 4.90 Å². The summed E-state index contributed by atoms with van der Waals surface area (Å²) in [7, 11) is 1.37. The van der Waals surface area contributed by atoms with Crippen LogP contribution in [0.25, 0.3) is 0 Å². The lowest BCUT2D eigenvalue weighted by Crippen LogP contribution is -2.60. The summed E-state index contributed by atoms with van der Waals surface area (Å²) >= 11 is 3.42. The van der Waals surface area contributed by atoms with Crippen LogP contribution in [-0.4, -0.2) is 36.0 Å². The van der Waals surface area contributed by atoms with Crippen LogP contribution in [0.15, 0.2) is 40.9 Å². The Kier molecular flexibility index (Phi) is 5.63. The number of hydrogen-bond acceptors (Lipinski definition) is 3. The van der Waals surface area contributed by atoms with Gasteiger partial charge in [0.2, 0.25) is 0 Å². The van der Waals surface area contributed by atoms with Gasteiger partial charge in [-0.2, -0.15) is 0 Å². The molecule has 1 atom stereocenters. The summed E-state index contributed by atoms with van der Waals surface area (Å²) in [6.07, 6.45) is 2.80. The van der Waals surface area contributed by atoms with Crippen molar-refractivity contribution < 1.29 is 14.3 Å². The zero-order chi connectivity index (χ0) is 17.0. The summed E-state index contributed by atoms with van der Waals surface area (Å²) < 4.78 is 5.78. The fourth-order valence-electron chi connectivity index (χ4n) is 3.27. The highest BCUT2D eigenvalue weighted by atomic mass is 79.9. The molecule has 5 heteroatoms. The van der Waals surface area contributed by atoms with Gasteiger partial charge in [-0.05, 0) is 54.2 Å². The maximum absolute atomic E-state index is 13.1. The Morgan fingerprint density at radius 3 is 2.65 bits per heavy atom. The summed E-state index contributed by atoms with van der Waals surface area (Å²) in [5.41, 5.74) is 0.470. The number of likely N-dealkylation sites (tertiary alicyclic amines) is 1. The molecule has 23 heavy (non-hydrogen) atoms. The monoisotopic (exact) mass is 379 g/mol. The van der Waals surface area contributed by atoms with Gasteiger partial charge in [-0.15, -0.1) is 6.58 Å². The SMILES string of the molecule is C=C(C)CC1(C(=O)OC)CCCCN1C(=O)c1ccccc1Br. The van der Waals surface area contributed by atoms with Gasteiger partial charge in [0.05, 0.1) is 12.7 Å². The molecule has 1 heterocycles. The average molecular weight is 380 g/mol. The van der Waals surface area contributed by atoms with Crippen molar-refractivity contribution in [3.63, 3.8) is 0 Å². The number of methoxy groups -OCH3 is 1. The van der Waals surface area contributed by atoms with Crippen LogP contribution >= 0.6 is 15.9 Å². The van der Waals surface area contributed by atoms with Crippen molar-refractivity contribution in [2.45, 2.75) is 38.1 Å². The van der Waals surface area contributed by atoms with E-state index in [1.54, 1.807) is 11.0 Å². The molecule has 1 unspecified atom stereocenters. The number of benzene rings is 1. The molecule has 124 valence electrons. The van der Waals surface area contributed by atoms with E-state index in [1.807, 2.05) is 25.1 Å². The van der Waals surface area contributed by atoms with Crippen LogP contribution in [-0.2, 0) is 9.53 Å². The second-order valence-electron chi connectivity index (χ2n) is 6.05. The van der Waals surface area contributed by atoms with Crippen LogP contribution in [0.3, 0.4) is 0 Å². The van der Waals surface area contributed by atoms with Gasteiger partial charge in [0, 0.05) is 17.4 Å². The molecule has 1 saturated heterocycles. The Bertz CT molecular complexity index is 628. The minimum Gasteiger partial charge on any atom is -0.467 e. The lowest BCUT2D eigenvalue weighted by atomic mass is 9.81. The molecule has 0 aromatic heterocycles. The van der Waals surface area contributed by atoms with Crippen LogP contribution in [0.1, 0.15) is 43.0 Å². The minimum absolute atomic E-state index is 0.149. The first kappa shape index (κ1) is 17.7. The third kappa shape index (κ3) is 3.50. The van der Waals surface area contributed by atoms with Crippen molar-refractivity contribution in [3.05, 3.63) is 46.5 Å². The molecule has 1 aromatic carbocycles. The van der Waals surface area contributed by atoms with Gasteiger partial charge in [-0.3, -0.25) is 4.79 Å². The minimum atomic E-state index is -0.953. The molecule has 0 N–H and O–H groups in total. The van der Waals surface area contributed by atoms with E-state index in [1.165, 1.54) is 7.11 Å². The van der Waals surface area contributed by atoms with Crippen LogP contribution in [0.2, 0.25) is 0 Å². The zero-order valence-corrected chi connectivity index (χ0v) is 15.2. The summed E-state index contributed by atoms with van der Waals surface area (Å²) in [6, 6.07) is 7.28. The Morgan fingerprint density at radius 2 is 2.04 bits per heavy atom. The normalized spacial score (nSPS) is 20.9. The lowest BCUT2D eigenvalue weighted by Gasteiger charge is -2.45. The zero-order valence-electron chi connectivity index (χ0n) is 13.6. The summed E-state index contributed by atoms with van der Waals surface area (Å²) in [5, 5.41) is 0. The molecule has 2 rings (SSSR count). The van der Waals surface area contributed by atoms with E-state index in [-0.39, 0.29) is 11.9 Å².